The number of unbranched alkanes of at least 4 members (excludes halogenated alkanes) is 30. The molecular weight excluding hydrogens is 910 g/mol. The van der Waals surface area contributed by atoms with E-state index in [2.05, 4.69) is 117 Å². The quantitative estimate of drug-likeness (QED) is 0.0350. The highest BCUT2D eigenvalue weighted by molar-refractivity contribution is 6.17. The van der Waals surface area contributed by atoms with Gasteiger partial charge in [0.15, 0.2) is 5.71 Å². The molecule has 0 aromatic heterocycles. The molecule has 0 bridgehead atoms. The molecule has 1 amide bonds. The molecule has 0 saturated heterocycles. The van der Waals surface area contributed by atoms with Gasteiger partial charge in [-0.25, -0.2) is 0 Å². The second-order valence-electron chi connectivity index (χ2n) is 23.3. The minimum atomic E-state index is -0.196. The fourth-order valence-corrected chi connectivity index (χ4v) is 12.0. The first-order valence-corrected chi connectivity index (χ1v) is 31.1. The third kappa shape index (κ3) is 19.8. The molecule has 0 atom stereocenters. The number of anilines is 1. The van der Waals surface area contributed by atoms with Gasteiger partial charge in [-0.1, -0.05) is 262 Å². The van der Waals surface area contributed by atoms with E-state index in [1.165, 1.54) is 239 Å². The Morgan fingerprint density at radius 2 is 1.01 bits per heavy atom. The third-order valence-corrected chi connectivity index (χ3v) is 16.9. The predicted octanol–water partition coefficient (Wildman–Crippen LogP) is 20.5. The number of amides is 1. The van der Waals surface area contributed by atoms with E-state index in [-0.39, 0.29) is 16.7 Å². The maximum atomic E-state index is 13.2. The largest absolute Gasteiger partial charge is 0.348 e. The number of para-hydroxylation sites is 1. The summed E-state index contributed by atoms with van der Waals surface area (Å²) in [5.41, 5.74) is 10.8. The Morgan fingerprint density at radius 1 is 0.548 bits per heavy atom. The highest BCUT2D eigenvalue weighted by atomic mass is 35.5. The average Bonchev–Trinajstić information content (AvgIpc) is 3.74. The van der Waals surface area contributed by atoms with E-state index in [9.17, 15) is 4.79 Å². The molecule has 5 rings (SSSR count). The minimum absolute atomic E-state index is 0.0601. The number of carbonyl (C=O) groups excluding carboxylic acids is 1. The van der Waals surface area contributed by atoms with Crippen LogP contribution in [0.5, 0.6) is 0 Å². The van der Waals surface area contributed by atoms with Gasteiger partial charge >= 0.3 is 0 Å². The van der Waals surface area contributed by atoms with Crippen molar-refractivity contribution in [3.63, 3.8) is 0 Å². The fraction of sp³-hybridized carbons (Fsp3) is 0.647. The normalized spacial score (nSPS) is 15.3. The van der Waals surface area contributed by atoms with Crippen molar-refractivity contribution in [1.82, 2.24) is 5.32 Å². The Balaban J connectivity index is 1.19. The van der Waals surface area contributed by atoms with Crippen LogP contribution < -0.4 is 10.2 Å². The molecule has 0 fully saturated rings. The summed E-state index contributed by atoms with van der Waals surface area (Å²) in [6.07, 6.45) is 51.6. The van der Waals surface area contributed by atoms with E-state index >= 15 is 0 Å². The first kappa shape index (κ1) is 60.2. The SMILES string of the molecule is CCCCCCCCCCCCCCCCCCN1/C(=C/C=C/C2=[N+](CCCCCCCCCCCCCCCCCC)c3ccccc3C2(C)C)C(C)(C)c2cc(CNC(=O)c3ccc(CCl)cc3)ccc21. The molecule has 0 spiro atoms. The van der Waals surface area contributed by atoms with E-state index in [0.29, 0.717) is 18.0 Å². The molecule has 2 aliphatic heterocycles. The zero-order valence-electron chi connectivity index (χ0n) is 47.7. The van der Waals surface area contributed by atoms with Gasteiger partial charge in [0.05, 0.1) is 5.41 Å². The van der Waals surface area contributed by atoms with E-state index in [0.717, 1.165) is 24.2 Å². The van der Waals surface area contributed by atoms with Crippen LogP contribution in [0.25, 0.3) is 0 Å². The molecule has 404 valence electrons. The molecule has 0 unspecified atom stereocenters. The molecule has 5 heteroatoms. The Bertz CT molecular complexity index is 2110. The van der Waals surface area contributed by atoms with E-state index in [4.69, 9.17) is 11.6 Å². The van der Waals surface area contributed by atoms with Gasteiger partial charge in [0.25, 0.3) is 5.91 Å². The first-order chi connectivity index (χ1) is 35.6. The van der Waals surface area contributed by atoms with Crippen LogP contribution in [0.15, 0.2) is 90.7 Å². The number of nitrogens with one attached hydrogen (secondary N) is 1. The summed E-state index contributed by atoms with van der Waals surface area (Å²) >= 11 is 6.02. The zero-order chi connectivity index (χ0) is 52.0. The summed E-state index contributed by atoms with van der Waals surface area (Å²) in [4.78, 5) is 15.8. The maximum Gasteiger partial charge on any atom is 0.251 e. The minimum Gasteiger partial charge on any atom is -0.348 e. The fourth-order valence-electron chi connectivity index (χ4n) is 11.9. The molecule has 73 heavy (non-hydrogen) atoms. The maximum absolute atomic E-state index is 13.2. The number of nitrogens with zero attached hydrogens (tertiary/aromatic N) is 2. The predicted molar refractivity (Wildman–Crippen MR) is 320 cm³/mol. The molecule has 2 heterocycles. The molecule has 0 aliphatic carbocycles. The monoisotopic (exact) mass is 1010 g/mol. The Hall–Kier alpha value is -3.63. The average molecular weight is 1020 g/mol. The van der Waals surface area contributed by atoms with Crippen LogP contribution in [0, 0.1) is 0 Å². The van der Waals surface area contributed by atoms with E-state index < -0.39 is 0 Å². The van der Waals surface area contributed by atoms with E-state index in [1.54, 1.807) is 0 Å². The summed E-state index contributed by atoms with van der Waals surface area (Å²) in [5.74, 6) is 0.384. The van der Waals surface area contributed by atoms with Gasteiger partial charge in [0.1, 0.15) is 6.54 Å². The van der Waals surface area contributed by atoms with E-state index in [1.807, 2.05) is 24.3 Å². The van der Waals surface area contributed by atoms with Gasteiger partial charge in [0, 0.05) is 65.5 Å². The number of rotatable bonds is 40. The summed E-state index contributed by atoms with van der Waals surface area (Å²) in [6.45, 7) is 16.8. The van der Waals surface area contributed by atoms with Gasteiger partial charge in [-0.05, 0) is 67.7 Å². The lowest BCUT2D eigenvalue weighted by atomic mass is 9.81. The van der Waals surface area contributed by atoms with Crippen LogP contribution in [0.2, 0.25) is 0 Å². The highest BCUT2D eigenvalue weighted by Gasteiger charge is 2.44. The highest BCUT2D eigenvalue weighted by Crippen LogP contribution is 2.48. The van der Waals surface area contributed by atoms with Crippen LogP contribution in [0.1, 0.15) is 280 Å². The molecule has 0 saturated carbocycles. The standard InChI is InChI=1S/C68H104ClN3O/c1-7-9-11-13-15-17-19-21-23-25-27-29-31-33-35-39-52-71-62-43-38-37-42-60(62)67(3,4)64(71)44-41-45-65-68(5,6)61-54-58(56-70-66(73)59-49-46-57(55-69)47-50-59)48-51-63(61)72(65)53-40-36-34-32-30-28-26-24-22-20-18-16-14-12-10-8-2/h37-38,41-51,54H,7-36,39-40,52-53,55-56H2,1-6H3/p+1. The Kier molecular flexibility index (Phi) is 28.2. The Morgan fingerprint density at radius 3 is 1.52 bits per heavy atom. The lowest BCUT2D eigenvalue weighted by Crippen LogP contribution is -2.28. The molecule has 1 N–H and O–H groups in total. The second-order valence-corrected chi connectivity index (χ2v) is 23.6. The number of hydrogen-bond donors (Lipinski definition) is 1. The van der Waals surface area contributed by atoms with Gasteiger partial charge in [-0.15, -0.1) is 11.6 Å². The number of allylic oxidation sites excluding steroid dienone is 4. The van der Waals surface area contributed by atoms with Crippen LogP contribution in [0.3, 0.4) is 0 Å². The summed E-state index contributed by atoms with van der Waals surface area (Å²) in [6, 6.07) is 23.6. The first-order valence-electron chi connectivity index (χ1n) is 30.6. The lowest BCUT2D eigenvalue weighted by molar-refractivity contribution is -0.438. The molecule has 3 aromatic carbocycles. The topological polar surface area (TPSA) is 35.4 Å². The van der Waals surface area contributed by atoms with Gasteiger partial charge in [0.2, 0.25) is 5.69 Å². The van der Waals surface area contributed by atoms with Crippen LogP contribution in [0.4, 0.5) is 11.4 Å². The summed E-state index contributed by atoms with van der Waals surface area (Å²) in [5, 5.41) is 3.19. The number of halogens is 1. The lowest BCUT2D eigenvalue weighted by Gasteiger charge is -2.27. The van der Waals surface area contributed by atoms with Gasteiger partial charge in [-0.3, -0.25) is 4.79 Å². The van der Waals surface area contributed by atoms with Crippen molar-refractivity contribution in [1.29, 1.82) is 0 Å². The zero-order valence-corrected chi connectivity index (χ0v) is 48.5. The number of benzene rings is 3. The van der Waals surface area contributed by atoms with Crippen molar-refractivity contribution in [2.24, 2.45) is 0 Å². The second kappa shape index (κ2) is 34.1. The van der Waals surface area contributed by atoms with Crippen molar-refractivity contribution in [3.05, 3.63) is 118 Å². The smallest absolute Gasteiger partial charge is 0.251 e. The van der Waals surface area contributed by atoms with Gasteiger partial charge in [-0.2, -0.15) is 4.58 Å². The van der Waals surface area contributed by atoms with Crippen molar-refractivity contribution in [2.75, 3.05) is 18.0 Å². The van der Waals surface area contributed by atoms with Crippen molar-refractivity contribution >= 4 is 34.6 Å². The van der Waals surface area contributed by atoms with Crippen LogP contribution >= 0.6 is 11.6 Å². The molecule has 2 aliphatic rings. The van der Waals surface area contributed by atoms with Crippen LogP contribution in [-0.4, -0.2) is 29.3 Å². The molecule has 3 aromatic rings. The number of hydrogen-bond acceptors (Lipinski definition) is 2. The molecular formula is C68H105ClN3O+. The molecule has 4 nitrogen and oxygen atoms in total. The van der Waals surface area contributed by atoms with Gasteiger partial charge < -0.3 is 10.2 Å². The number of fused-ring (bicyclic) bond motifs is 2. The summed E-state index contributed by atoms with van der Waals surface area (Å²) < 4.78 is 2.64. The van der Waals surface area contributed by atoms with Crippen molar-refractivity contribution in [3.8, 4) is 0 Å². The summed E-state index contributed by atoms with van der Waals surface area (Å²) in [7, 11) is 0. The number of alkyl halides is 1. The molecule has 0 radical (unpaired) electrons. The number of carbonyl (C=O) groups is 1. The van der Waals surface area contributed by atoms with Crippen LogP contribution in [-0.2, 0) is 23.3 Å². The Labute approximate surface area is 453 Å². The van der Waals surface area contributed by atoms with Crippen molar-refractivity contribution < 1.29 is 9.37 Å². The van der Waals surface area contributed by atoms with Crippen molar-refractivity contribution in [2.45, 2.75) is 270 Å². The third-order valence-electron chi connectivity index (χ3n) is 16.6.